The van der Waals surface area contributed by atoms with Crippen LogP contribution in [0.3, 0.4) is 0 Å². The lowest BCUT2D eigenvalue weighted by Gasteiger charge is -2.13. The van der Waals surface area contributed by atoms with E-state index in [0.717, 1.165) is 18.9 Å². The van der Waals surface area contributed by atoms with E-state index < -0.39 is 0 Å². The highest BCUT2D eigenvalue weighted by molar-refractivity contribution is 6.35. The minimum atomic E-state index is 0.586. The molecular weight excluding hydrogens is 321 g/mol. The molecule has 2 aromatic rings. The number of aryl methyl sites for hydroxylation is 1. The minimum Gasteiger partial charge on any atom is -0.369 e. The molecule has 5 nitrogen and oxygen atoms in total. The Labute approximate surface area is 140 Å². The topological polar surface area (TPSA) is 53.1 Å². The van der Waals surface area contributed by atoms with E-state index in [-0.39, 0.29) is 0 Å². The summed E-state index contributed by atoms with van der Waals surface area (Å²) in [5.41, 5.74) is 0.714. The molecule has 0 aliphatic rings. The third-order valence-electron chi connectivity index (χ3n) is 2.89. The molecule has 1 aromatic carbocycles. The Bertz CT molecular complexity index is 646. The average molecular weight is 340 g/mol. The number of hydrogen-bond acceptors (Lipinski definition) is 5. The van der Waals surface area contributed by atoms with Crippen molar-refractivity contribution in [1.82, 2.24) is 14.9 Å². The van der Waals surface area contributed by atoms with E-state index in [1.54, 1.807) is 18.2 Å². The first-order valence-corrected chi connectivity index (χ1v) is 7.66. The Hall–Kier alpha value is -1.56. The summed E-state index contributed by atoms with van der Waals surface area (Å²) in [6.45, 7) is 3.58. The van der Waals surface area contributed by atoms with Crippen molar-refractivity contribution in [3.63, 3.8) is 0 Å². The standard InChI is InChI=1S/C15H19Cl2N5/c1-10-19-14(18-6-7-22(2)3)9-15(20-10)21-13-8-11(16)4-5-12(13)17/h4-5,8-9H,6-7H2,1-3H3,(H2,18,19,20,21). The molecule has 0 fully saturated rings. The van der Waals surface area contributed by atoms with Crippen molar-refractivity contribution in [2.45, 2.75) is 6.92 Å². The number of nitrogens with zero attached hydrogens (tertiary/aromatic N) is 3. The smallest absolute Gasteiger partial charge is 0.136 e. The molecule has 7 heteroatoms. The van der Waals surface area contributed by atoms with Crippen molar-refractivity contribution in [2.75, 3.05) is 37.8 Å². The average Bonchev–Trinajstić information content (AvgIpc) is 2.42. The number of aromatic nitrogens is 2. The zero-order valence-electron chi connectivity index (χ0n) is 12.8. The van der Waals surface area contributed by atoms with Crippen LogP contribution in [0.5, 0.6) is 0 Å². The number of rotatable bonds is 6. The van der Waals surface area contributed by atoms with Crippen LogP contribution in [0.1, 0.15) is 5.82 Å². The second-order valence-electron chi connectivity index (χ2n) is 5.16. The van der Waals surface area contributed by atoms with E-state index in [0.29, 0.717) is 27.4 Å². The van der Waals surface area contributed by atoms with E-state index in [4.69, 9.17) is 23.2 Å². The van der Waals surface area contributed by atoms with Crippen molar-refractivity contribution < 1.29 is 0 Å². The molecule has 0 bridgehead atoms. The monoisotopic (exact) mass is 339 g/mol. The van der Waals surface area contributed by atoms with Gasteiger partial charge in [-0.1, -0.05) is 23.2 Å². The van der Waals surface area contributed by atoms with Gasteiger partial charge in [-0.3, -0.25) is 0 Å². The molecule has 0 saturated heterocycles. The molecule has 0 aliphatic carbocycles. The van der Waals surface area contributed by atoms with Gasteiger partial charge in [-0.05, 0) is 39.2 Å². The van der Waals surface area contributed by atoms with Gasteiger partial charge in [0.2, 0.25) is 0 Å². The van der Waals surface area contributed by atoms with Crippen LogP contribution in [0.4, 0.5) is 17.3 Å². The second-order valence-corrected chi connectivity index (χ2v) is 6.01. The van der Waals surface area contributed by atoms with Crippen molar-refractivity contribution in [1.29, 1.82) is 0 Å². The molecule has 0 unspecified atom stereocenters. The highest BCUT2D eigenvalue weighted by Crippen LogP contribution is 2.28. The fourth-order valence-electron chi connectivity index (χ4n) is 1.86. The van der Waals surface area contributed by atoms with E-state index >= 15 is 0 Å². The van der Waals surface area contributed by atoms with Gasteiger partial charge in [0.05, 0.1) is 10.7 Å². The predicted molar refractivity (Wildman–Crippen MR) is 93.6 cm³/mol. The largest absolute Gasteiger partial charge is 0.369 e. The van der Waals surface area contributed by atoms with Gasteiger partial charge in [-0.2, -0.15) is 0 Å². The summed E-state index contributed by atoms with van der Waals surface area (Å²) in [5.74, 6) is 2.12. The molecule has 0 spiro atoms. The fourth-order valence-corrected chi connectivity index (χ4v) is 2.20. The van der Waals surface area contributed by atoms with Gasteiger partial charge < -0.3 is 15.5 Å². The fraction of sp³-hybridized carbons (Fsp3) is 0.333. The van der Waals surface area contributed by atoms with Gasteiger partial charge in [-0.25, -0.2) is 9.97 Å². The molecule has 0 atom stereocenters. The van der Waals surface area contributed by atoms with E-state index in [1.165, 1.54) is 0 Å². The van der Waals surface area contributed by atoms with Crippen LogP contribution in [-0.2, 0) is 0 Å². The molecule has 2 rings (SSSR count). The van der Waals surface area contributed by atoms with Crippen LogP contribution in [0.15, 0.2) is 24.3 Å². The van der Waals surface area contributed by atoms with Crippen molar-refractivity contribution in [3.05, 3.63) is 40.1 Å². The van der Waals surface area contributed by atoms with Gasteiger partial charge in [0.15, 0.2) is 0 Å². The molecule has 0 radical (unpaired) electrons. The van der Waals surface area contributed by atoms with Crippen LogP contribution in [0, 0.1) is 6.92 Å². The first kappa shape index (κ1) is 16.8. The van der Waals surface area contributed by atoms with Gasteiger partial charge >= 0.3 is 0 Å². The van der Waals surface area contributed by atoms with Gasteiger partial charge in [-0.15, -0.1) is 0 Å². The molecule has 0 saturated carbocycles. The Morgan fingerprint density at radius 3 is 2.55 bits per heavy atom. The summed E-state index contributed by atoms with van der Waals surface area (Å²) < 4.78 is 0. The zero-order chi connectivity index (χ0) is 16.1. The molecule has 22 heavy (non-hydrogen) atoms. The summed E-state index contributed by atoms with van der Waals surface area (Å²) in [7, 11) is 4.06. The van der Waals surface area contributed by atoms with Gasteiger partial charge in [0.25, 0.3) is 0 Å². The molecule has 0 amide bonds. The van der Waals surface area contributed by atoms with Crippen molar-refractivity contribution >= 4 is 40.5 Å². The number of likely N-dealkylation sites (N-methyl/N-ethyl adjacent to an activating group) is 1. The highest BCUT2D eigenvalue weighted by Gasteiger charge is 2.06. The number of nitrogens with one attached hydrogen (secondary N) is 2. The summed E-state index contributed by atoms with van der Waals surface area (Å²) in [5, 5.41) is 7.65. The van der Waals surface area contributed by atoms with E-state index in [9.17, 15) is 0 Å². The number of anilines is 3. The zero-order valence-corrected chi connectivity index (χ0v) is 14.3. The van der Waals surface area contributed by atoms with Crippen LogP contribution in [0.25, 0.3) is 0 Å². The SMILES string of the molecule is Cc1nc(NCCN(C)C)cc(Nc2cc(Cl)ccc2Cl)n1. The minimum absolute atomic E-state index is 0.586. The van der Waals surface area contributed by atoms with Crippen molar-refractivity contribution in [2.24, 2.45) is 0 Å². The van der Waals surface area contributed by atoms with Gasteiger partial charge in [0.1, 0.15) is 17.5 Å². The summed E-state index contributed by atoms with van der Waals surface area (Å²) >= 11 is 12.2. The maximum atomic E-state index is 6.16. The van der Waals surface area contributed by atoms with Crippen LogP contribution < -0.4 is 10.6 Å². The Morgan fingerprint density at radius 1 is 1.09 bits per heavy atom. The summed E-state index contributed by atoms with van der Waals surface area (Å²) in [6.07, 6.45) is 0. The number of benzene rings is 1. The van der Waals surface area contributed by atoms with Gasteiger partial charge in [0, 0.05) is 24.2 Å². The van der Waals surface area contributed by atoms with Crippen molar-refractivity contribution in [3.8, 4) is 0 Å². The summed E-state index contributed by atoms with van der Waals surface area (Å²) in [6, 6.07) is 7.10. The lowest BCUT2D eigenvalue weighted by atomic mass is 10.3. The maximum absolute atomic E-state index is 6.16. The summed E-state index contributed by atoms with van der Waals surface area (Å²) in [4.78, 5) is 10.8. The predicted octanol–water partition coefficient (Wildman–Crippen LogP) is 3.81. The molecule has 0 aliphatic heterocycles. The van der Waals surface area contributed by atoms with Crippen LogP contribution in [0.2, 0.25) is 10.0 Å². The van der Waals surface area contributed by atoms with Crippen LogP contribution >= 0.6 is 23.2 Å². The molecule has 1 aromatic heterocycles. The third-order valence-corrected chi connectivity index (χ3v) is 3.46. The van der Waals surface area contributed by atoms with Crippen LogP contribution in [-0.4, -0.2) is 42.1 Å². The normalized spacial score (nSPS) is 10.8. The third kappa shape index (κ3) is 5.02. The van der Waals surface area contributed by atoms with E-state index in [2.05, 4.69) is 25.5 Å². The molecule has 2 N–H and O–H groups in total. The highest BCUT2D eigenvalue weighted by atomic mass is 35.5. The Kier molecular flexibility index (Phi) is 5.83. The molecular formula is C15H19Cl2N5. The Morgan fingerprint density at radius 2 is 1.82 bits per heavy atom. The Balaban J connectivity index is 2.13. The lowest BCUT2D eigenvalue weighted by Crippen LogP contribution is -2.21. The quantitative estimate of drug-likeness (QED) is 0.838. The first-order valence-electron chi connectivity index (χ1n) is 6.90. The first-order chi connectivity index (χ1) is 10.4. The molecule has 1 heterocycles. The number of hydrogen-bond donors (Lipinski definition) is 2. The van der Waals surface area contributed by atoms with E-state index in [1.807, 2.05) is 27.1 Å². The maximum Gasteiger partial charge on any atom is 0.136 e. The molecule has 118 valence electrons. The second kappa shape index (κ2) is 7.63. The lowest BCUT2D eigenvalue weighted by molar-refractivity contribution is 0.425. The number of halogens is 2.